The summed E-state index contributed by atoms with van der Waals surface area (Å²) in [4.78, 5) is 24.0. The third kappa shape index (κ3) is 4.48. The molecule has 1 aromatic heterocycles. The van der Waals surface area contributed by atoms with E-state index in [4.69, 9.17) is 9.15 Å². The van der Waals surface area contributed by atoms with Crippen LogP contribution in [0, 0.1) is 6.92 Å². The number of rotatable bonds is 6. The molecule has 1 atom stereocenters. The lowest BCUT2D eigenvalue weighted by molar-refractivity contribution is -0.138. The number of esters is 1. The van der Waals surface area contributed by atoms with Gasteiger partial charge in [-0.25, -0.2) is 9.59 Å². The summed E-state index contributed by atoms with van der Waals surface area (Å²) >= 11 is 1.24. The fourth-order valence-electron chi connectivity index (χ4n) is 2.61. The minimum Gasteiger partial charge on any atom is -0.463 e. The van der Waals surface area contributed by atoms with Crippen LogP contribution in [0.15, 0.2) is 45.2 Å². The molecule has 0 radical (unpaired) electrons. The largest absolute Gasteiger partial charge is 0.463 e. The molecule has 0 aliphatic carbocycles. The molecule has 0 unspecified atom stereocenters. The number of urea groups is 1. The second-order valence-electron chi connectivity index (χ2n) is 5.96. The number of aryl methyl sites for hydroxylation is 1. The second kappa shape index (κ2) is 8.26. The first-order chi connectivity index (χ1) is 13.0. The average molecular weight is 388 g/mol. The molecule has 142 valence electrons. The van der Waals surface area contributed by atoms with Gasteiger partial charge >= 0.3 is 12.0 Å². The summed E-state index contributed by atoms with van der Waals surface area (Å²) in [6.45, 7) is 5.73. The minimum absolute atomic E-state index is 0.257. The summed E-state index contributed by atoms with van der Waals surface area (Å²) in [6, 6.07) is 6.95. The van der Waals surface area contributed by atoms with E-state index in [0.29, 0.717) is 28.1 Å². The number of carbonyl (C=O) groups excluding carboxylic acids is 2. The topological polar surface area (TPSA) is 106 Å². The second-order valence-corrected chi connectivity index (χ2v) is 6.89. The zero-order chi connectivity index (χ0) is 19.4. The molecule has 27 heavy (non-hydrogen) atoms. The van der Waals surface area contributed by atoms with Crippen LogP contribution in [0.2, 0.25) is 0 Å². The molecule has 2 N–H and O–H groups in total. The fourth-order valence-corrected chi connectivity index (χ4v) is 3.34. The maximum absolute atomic E-state index is 12.2. The van der Waals surface area contributed by atoms with Gasteiger partial charge in [-0.05, 0) is 32.9 Å². The Morgan fingerprint density at radius 2 is 2.04 bits per heavy atom. The highest BCUT2D eigenvalue weighted by molar-refractivity contribution is 7.99. The molecule has 1 aromatic carbocycles. The molecule has 1 aliphatic heterocycles. The molecule has 0 bridgehead atoms. The molecule has 0 fully saturated rings. The summed E-state index contributed by atoms with van der Waals surface area (Å²) < 4.78 is 10.8. The van der Waals surface area contributed by atoms with Gasteiger partial charge in [-0.3, -0.25) is 0 Å². The predicted octanol–water partition coefficient (Wildman–Crippen LogP) is 2.66. The van der Waals surface area contributed by atoms with Crippen molar-refractivity contribution in [3.63, 3.8) is 0 Å². The highest BCUT2D eigenvalue weighted by Gasteiger charge is 2.29. The van der Waals surface area contributed by atoms with Crippen molar-refractivity contribution in [3.8, 4) is 11.5 Å². The highest BCUT2D eigenvalue weighted by atomic mass is 32.2. The summed E-state index contributed by atoms with van der Waals surface area (Å²) in [7, 11) is 0. The summed E-state index contributed by atoms with van der Waals surface area (Å²) in [6.07, 6.45) is 0. The van der Waals surface area contributed by atoms with Gasteiger partial charge in [-0.1, -0.05) is 29.5 Å². The van der Waals surface area contributed by atoms with E-state index in [0.717, 1.165) is 11.1 Å². The van der Waals surface area contributed by atoms with Gasteiger partial charge < -0.3 is 19.8 Å². The van der Waals surface area contributed by atoms with Crippen molar-refractivity contribution in [1.29, 1.82) is 0 Å². The number of carbonyl (C=O) groups is 2. The van der Waals surface area contributed by atoms with Gasteiger partial charge in [0.1, 0.15) is 0 Å². The molecule has 9 heteroatoms. The van der Waals surface area contributed by atoms with Crippen LogP contribution in [0.1, 0.15) is 19.4 Å². The van der Waals surface area contributed by atoms with Gasteiger partial charge in [0, 0.05) is 17.0 Å². The number of benzene rings is 1. The molecule has 0 spiro atoms. The van der Waals surface area contributed by atoms with Crippen molar-refractivity contribution in [2.45, 2.75) is 32.0 Å². The van der Waals surface area contributed by atoms with Crippen molar-refractivity contribution in [2.75, 3.05) is 12.4 Å². The Morgan fingerprint density at radius 1 is 1.30 bits per heavy atom. The monoisotopic (exact) mass is 388 g/mol. The standard InChI is InChI=1S/C18H20N4O4S/c1-4-25-16(23)14-11(3)19-17(24)20-13(14)9-27-18-22-21-15(26-18)12-7-5-10(2)6-8-12/h5-8,11H,4,9H2,1-3H3,(H2,19,20,24)/t11-/m1/s1. The van der Waals surface area contributed by atoms with E-state index in [1.807, 2.05) is 31.2 Å². The van der Waals surface area contributed by atoms with Gasteiger partial charge in [-0.2, -0.15) is 0 Å². The van der Waals surface area contributed by atoms with E-state index in [2.05, 4.69) is 20.8 Å². The normalized spacial score (nSPS) is 16.7. The Morgan fingerprint density at radius 3 is 2.74 bits per heavy atom. The molecule has 8 nitrogen and oxygen atoms in total. The van der Waals surface area contributed by atoms with Crippen LogP contribution in [0.3, 0.4) is 0 Å². The number of nitrogens with zero attached hydrogens (tertiary/aromatic N) is 2. The quantitative estimate of drug-likeness (QED) is 0.579. The van der Waals surface area contributed by atoms with E-state index < -0.39 is 12.0 Å². The maximum Gasteiger partial charge on any atom is 0.337 e. The lowest BCUT2D eigenvalue weighted by Gasteiger charge is -2.26. The van der Waals surface area contributed by atoms with Crippen LogP contribution in [-0.4, -0.2) is 40.6 Å². The molecule has 0 saturated heterocycles. The first kappa shape index (κ1) is 19.0. The first-order valence-corrected chi connectivity index (χ1v) is 9.47. The maximum atomic E-state index is 12.2. The number of hydrogen-bond donors (Lipinski definition) is 2. The lowest BCUT2D eigenvalue weighted by Crippen LogP contribution is -2.49. The molecule has 1 aliphatic rings. The molecule has 2 aromatic rings. The van der Waals surface area contributed by atoms with Crippen molar-refractivity contribution >= 4 is 23.8 Å². The number of hydrogen-bond acceptors (Lipinski definition) is 7. The number of ether oxygens (including phenoxy) is 1. The zero-order valence-electron chi connectivity index (χ0n) is 15.2. The highest BCUT2D eigenvalue weighted by Crippen LogP contribution is 2.26. The summed E-state index contributed by atoms with van der Waals surface area (Å²) in [5.74, 6) is 0.250. The fraction of sp³-hybridized carbons (Fsp3) is 0.333. The van der Waals surface area contributed by atoms with Crippen LogP contribution in [-0.2, 0) is 9.53 Å². The van der Waals surface area contributed by atoms with Gasteiger partial charge in [-0.15, -0.1) is 10.2 Å². The van der Waals surface area contributed by atoms with E-state index in [1.165, 1.54) is 11.8 Å². The Hall–Kier alpha value is -2.81. The van der Waals surface area contributed by atoms with Crippen molar-refractivity contribution in [1.82, 2.24) is 20.8 Å². The van der Waals surface area contributed by atoms with Crippen molar-refractivity contribution < 1.29 is 18.7 Å². The van der Waals surface area contributed by atoms with E-state index in [-0.39, 0.29) is 12.6 Å². The van der Waals surface area contributed by atoms with Crippen LogP contribution in [0.4, 0.5) is 4.79 Å². The Bertz CT molecular complexity index is 876. The first-order valence-electron chi connectivity index (χ1n) is 8.49. The SMILES string of the molecule is CCOC(=O)C1=C(CSc2nnc(-c3ccc(C)cc3)o2)NC(=O)N[C@@H]1C. The molecule has 2 heterocycles. The average Bonchev–Trinajstić information content (AvgIpc) is 3.09. The van der Waals surface area contributed by atoms with Gasteiger partial charge in [0.05, 0.1) is 18.2 Å². The Balaban J connectivity index is 1.75. The van der Waals surface area contributed by atoms with E-state index >= 15 is 0 Å². The minimum atomic E-state index is -0.459. The van der Waals surface area contributed by atoms with Crippen LogP contribution in [0.5, 0.6) is 0 Å². The smallest absolute Gasteiger partial charge is 0.337 e. The number of nitrogens with one attached hydrogen (secondary N) is 2. The van der Waals surface area contributed by atoms with Gasteiger partial charge in [0.15, 0.2) is 0 Å². The van der Waals surface area contributed by atoms with Crippen LogP contribution in [0.25, 0.3) is 11.5 Å². The molecular weight excluding hydrogens is 368 g/mol. The molecule has 3 rings (SSSR count). The number of amides is 2. The predicted molar refractivity (Wildman–Crippen MR) is 100.0 cm³/mol. The number of thioether (sulfide) groups is 1. The van der Waals surface area contributed by atoms with Crippen LogP contribution < -0.4 is 10.6 Å². The van der Waals surface area contributed by atoms with Crippen molar-refractivity contribution in [3.05, 3.63) is 41.1 Å². The molecule has 2 amide bonds. The van der Waals surface area contributed by atoms with Crippen LogP contribution >= 0.6 is 11.8 Å². The Kier molecular flexibility index (Phi) is 5.80. The van der Waals surface area contributed by atoms with E-state index in [9.17, 15) is 9.59 Å². The van der Waals surface area contributed by atoms with E-state index in [1.54, 1.807) is 13.8 Å². The summed E-state index contributed by atoms with van der Waals surface area (Å²) in [5.41, 5.74) is 2.84. The van der Waals surface area contributed by atoms with Gasteiger partial charge in [0.25, 0.3) is 5.22 Å². The third-order valence-electron chi connectivity index (χ3n) is 3.91. The van der Waals surface area contributed by atoms with Crippen molar-refractivity contribution in [2.24, 2.45) is 0 Å². The lowest BCUT2D eigenvalue weighted by atomic mass is 10.1. The number of aromatic nitrogens is 2. The Labute approximate surface area is 160 Å². The molecular formula is C18H20N4O4S. The zero-order valence-corrected chi connectivity index (χ0v) is 16.1. The third-order valence-corrected chi connectivity index (χ3v) is 4.76. The van der Waals surface area contributed by atoms with Gasteiger partial charge in [0.2, 0.25) is 5.89 Å². The molecule has 0 saturated carbocycles. The summed E-state index contributed by atoms with van der Waals surface area (Å²) in [5, 5.41) is 13.7.